The zero-order valence-corrected chi connectivity index (χ0v) is 18.1. The van der Waals surface area contributed by atoms with E-state index in [-0.39, 0.29) is 0 Å². The van der Waals surface area contributed by atoms with Crippen LogP contribution in [0, 0.1) is 5.92 Å². The monoisotopic (exact) mass is 487 g/mol. The van der Waals surface area contributed by atoms with E-state index in [1.54, 1.807) is 0 Å². The lowest BCUT2D eigenvalue weighted by molar-refractivity contribution is -0.174. The maximum absolute atomic E-state index is 11.4. The second kappa shape index (κ2) is 15.4. The lowest BCUT2D eigenvalue weighted by Gasteiger charge is -2.26. The highest BCUT2D eigenvalue weighted by molar-refractivity contribution is 5.88. The Bertz CT molecular complexity index is 642. The molecule has 0 aromatic heterocycles. The van der Waals surface area contributed by atoms with E-state index < -0.39 is 86.0 Å². The third-order valence-corrected chi connectivity index (χ3v) is 4.06. The van der Waals surface area contributed by atoms with Crippen LogP contribution in [0.2, 0.25) is 0 Å². The van der Waals surface area contributed by atoms with Crippen LogP contribution in [0.4, 0.5) is 0 Å². The Balaban J connectivity index is 0. The Labute approximate surface area is 188 Å². The van der Waals surface area contributed by atoms with Crippen LogP contribution in [0.25, 0.3) is 0 Å². The van der Waals surface area contributed by atoms with Gasteiger partial charge >= 0.3 is 23.9 Å². The van der Waals surface area contributed by atoms with Crippen LogP contribution in [0.15, 0.2) is 0 Å². The van der Waals surface area contributed by atoms with Gasteiger partial charge in [-0.05, 0) is 12.3 Å². The molecule has 11 N–H and O–H groups in total. The van der Waals surface area contributed by atoms with E-state index in [4.69, 9.17) is 31.3 Å². The van der Waals surface area contributed by atoms with E-state index in [1.165, 1.54) is 0 Å². The number of nitrogens with two attached hydrogens (primary N) is 1. The molecule has 0 radical (unpaired) electrons. The van der Waals surface area contributed by atoms with Crippen molar-refractivity contribution in [2.24, 2.45) is 11.7 Å². The van der Waals surface area contributed by atoms with Crippen LogP contribution < -0.4 is 5.73 Å². The minimum atomic E-state index is -2.92. The molecule has 0 saturated heterocycles. The number of rotatable bonds is 14. The van der Waals surface area contributed by atoms with Crippen LogP contribution in [0.3, 0.4) is 0 Å². The van der Waals surface area contributed by atoms with Crippen LogP contribution in [0.1, 0.15) is 33.1 Å². The molecule has 0 amide bonds. The molecule has 15 heteroatoms. The first kappa shape index (κ1) is 32.8. The SMILES string of the molecule is CC(C)C[C@H](N)C(=O)O.O=C(O)CC(O)(CC(=O)OC[C@@H](O)[C@@H](O)[C@H](O)[C@H](O)CO)C(=O)O. The number of aliphatic carboxylic acids is 3. The predicted octanol–water partition coefficient (Wildman–Crippen LogP) is -3.91. The van der Waals surface area contributed by atoms with Gasteiger partial charge in [-0.1, -0.05) is 13.8 Å². The van der Waals surface area contributed by atoms with Crippen LogP contribution >= 0.6 is 0 Å². The number of esters is 1. The van der Waals surface area contributed by atoms with Crippen LogP contribution in [-0.2, 0) is 23.9 Å². The fourth-order valence-corrected chi connectivity index (χ4v) is 2.20. The Morgan fingerprint density at radius 1 is 0.909 bits per heavy atom. The van der Waals surface area contributed by atoms with Gasteiger partial charge in [-0.3, -0.25) is 14.4 Å². The first-order valence-corrected chi connectivity index (χ1v) is 9.63. The van der Waals surface area contributed by atoms with Crippen LogP contribution in [0.5, 0.6) is 0 Å². The van der Waals surface area contributed by atoms with E-state index in [9.17, 15) is 39.6 Å². The maximum Gasteiger partial charge on any atom is 0.336 e. The van der Waals surface area contributed by atoms with Crippen molar-refractivity contribution in [2.45, 2.75) is 69.2 Å². The van der Waals surface area contributed by atoms with Crippen molar-refractivity contribution in [1.82, 2.24) is 0 Å². The Morgan fingerprint density at radius 2 is 1.39 bits per heavy atom. The Kier molecular flexibility index (Phi) is 15.3. The molecular formula is C18H33NO14. The predicted molar refractivity (Wildman–Crippen MR) is 107 cm³/mol. The third kappa shape index (κ3) is 13.7. The molecule has 0 aliphatic carbocycles. The number of carbonyl (C=O) groups excluding carboxylic acids is 1. The van der Waals surface area contributed by atoms with Crippen molar-refractivity contribution >= 4 is 23.9 Å². The molecule has 0 rings (SSSR count). The molecular weight excluding hydrogens is 454 g/mol. The average Bonchev–Trinajstić information content (AvgIpc) is 2.69. The number of ether oxygens (including phenoxy) is 1. The highest BCUT2D eigenvalue weighted by Gasteiger charge is 2.41. The van der Waals surface area contributed by atoms with Crippen molar-refractivity contribution in [2.75, 3.05) is 13.2 Å². The van der Waals surface area contributed by atoms with Crippen molar-refractivity contribution in [1.29, 1.82) is 0 Å². The molecule has 0 fully saturated rings. The van der Waals surface area contributed by atoms with Gasteiger partial charge in [0.2, 0.25) is 0 Å². The lowest BCUT2D eigenvalue weighted by atomic mass is 9.96. The fourth-order valence-electron chi connectivity index (χ4n) is 2.20. The molecule has 0 bridgehead atoms. The first-order chi connectivity index (χ1) is 15.0. The summed E-state index contributed by atoms with van der Waals surface area (Å²) in [6.07, 6.45) is -9.58. The Hall–Kier alpha value is -2.40. The average molecular weight is 487 g/mol. The minimum absolute atomic E-state index is 0.357. The number of aliphatic hydroxyl groups excluding tert-OH is 5. The summed E-state index contributed by atoms with van der Waals surface area (Å²) in [6, 6.07) is -0.690. The summed E-state index contributed by atoms with van der Waals surface area (Å²) in [5, 5.41) is 81.1. The summed E-state index contributed by atoms with van der Waals surface area (Å²) in [7, 11) is 0. The van der Waals surface area contributed by atoms with Gasteiger partial charge in [-0.25, -0.2) is 4.79 Å². The molecule has 0 aliphatic rings. The normalized spacial score (nSPS) is 17.4. The second-order valence-corrected chi connectivity index (χ2v) is 7.64. The molecule has 0 aromatic rings. The Morgan fingerprint density at radius 3 is 1.73 bits per heavy atom. The molecule has 0 spiro atoms. The van der Waals surface area contributed by atoms with Crippen molar-refractivity contribution in [3.63, 3.8) is 0 Å². The van der Waals surface area contributed by atoms with Gasteiger partial charge in [0.1, 0.15) is 37.1 Å². The van der Waals surface area contributed by atoms with E-state index in [0.717, 1.165) is 0 Å². The fraction of sp³-hybridized carbons (Fsp3) is 0.778. The molecule has 15 nitrogen and oxygen atoms in total. The van der Waals surface area contributed by atoms with Gasteiger partial charge in [0.15, 0.2) is 5.60 Å². The number of aliphatic hydroxyl groups is 6. The van der Waals surface area contributed by atoms with E-state index in [0.29, 0.717) is 12.3 Å². The van der Waals surface area contributed by atoms with Gasteiger partial charge in [0, 0.05) is 0 Å². The molecule has 0 saturated carbocycles. The number of hydrogen-bond acceptors (Lipinski definition) is 12. The summed E-state index contributed by atoms with van der Waals surface area (Å²) >= 11 is 0. The van der Waals surface area contributed by atoms with E-state index in [2.05, 4.69) is 4.74 Å². The van der Waals surface area contributed by atoms with Crippen molar-refractivity contribution < 1.29 is 69.9 Å². The summed E-state index contributed by atoms with van der Waals surface area (Å²) in [5.74, 6) is -5.59. The van der Waals surface area contributed by atoms with Crippen LogP contribution in [-0.4, -0.2) is 119 Å². The first-order valence-electron chi connectivity index (χ1n) is 9.63. The number of carboxylic acid groups (broad SMARTS) is 3. The quantitative estimate of drug-likeness (QED) is 0.105. The lowest BCUT2D eigenvalue weighted by Crippen LogP contribution is -2.48. The molecule has 0 heterocycles. The smallest absolute Gasteiger partial charge is 0.336 e. The van der Waals surface area contributed by atoms with Gasteiger partial charge in [-0.2, -0.15) is 0 Å². The zero-order valence-electron chi connectivity index (χ0n) is 18.1. The molecule has 6 atom stereocenters. The second-order valence-electron chi connectivity index (χ2n) is 7.64. The highest BCUT2D eigenvalue weighted by Crippen LogP contribution is 2.17. The largest absolute Gasteiger partial charge is 0.481 e. The standard InChI is InChI=1S/C12H20O12.C6H13NO2/c13-3-5(14)9(19)10(20)6(15)4-24-8(18)2-12(23,11(21)22)1-7(16)17;1-4(2)3-5(7)6(8)9/h5-6,9-10,13-15,19-20,23H,1-4H2,(H,16,17)(H,21,22);4-5H,3,7H2,1-2H3,(H,8,9)/t5-,6-,9-,10-,12?;5-/m10/s1. The summed E-state index contributed by atoms with van der Waals surface area (Å²) < 4.78 is 4.40. The zero-order chi connectivity index (χ0) is 26.5. The molecule has 1 unspecified atom stereocenters. The molecule has 194 valence electrons. The highest BCUT2D eigenvalue weighted by atomic mass is 16.5. The van der Waals surface area contributed by atoms with E-state index in [1.807, 2.05) is 13.8 Å². The topological polar surface area (TPSA) is 286 Å². The number of carbonyl (C=O) groups is 4. The molecule has 0 aromatic carbocycles. The summed E-state index contributed by atoms with van der Waals surface area (Å²) in [5.41, 5.74) is 2.30. The van der Waals surface area contributed by atoms with Gasteiger partial charge < -0.3 is 56.4 Å². The number of hydrogen-bond donors (Lipinski definition) is 10. The summed E-state index contributed by atoms with van der Waals surface area (Å²) in [4.78, 5) is 42.9. The summed E-state index contributed by atoms with van der Waals surface area (Å²) in [6.45, 7) is 2.04. The van der Waals surface area contributed by atoms with Crippen molar-refractivity contribution in [3.05, 3.63) is 0 Å². The molecule has 0 aliphatic heterocycles. The van der Waals surface area contributed by atoms with Gasteiger partial charge in [-0.15, -0.1) is 0 Å². The van der Waals surface area contributed by atoms with Crippen molar-refractivity contribution in [3.8, 4) is 0 Å². The van der Waals surface area contributed by atoms with E-state index >= 15 is 0 Å². The maximum atomic E-state index is 11.4. The third-order valence-electron chi connectivity index (χ3n) is 4.06. The minimum Gasteiger partial charge on any atom is -0.481 e. The van der Waals surface area contributed by atoms with Gasteiger partial charge in [0.05, 0.1) is 19.4 Å². The molecule has 33 heavy (non-hydrogen) atoms. The number of carboxylic acids is 3. The van der Waals surface area contributed by atoms with Gasteiger partial charge in [0.25, 0.3) is 0 Å².